The second kappa shape index (κ2) is 10.8. The molecule has 8 heteroatoms. The molecule has 0 fully saturated rings. The SMILES string of the molecule is O=C(CN(c1ccccc1F)S(=O)(=O)c1ccccc1)Nc1ccc(OCc2ccccc2)cc1. The molecule has 6 nitrogen and oxygen atoms in total. The molecule has 0 saturated carbocycles. The lowest BCUT2D eigenvalue weighted by molar-refractivity contribution is -0.114. The number of amides is 1. The van der Waals surface area contributed by atoms with Crippen LogP contribution < -0.4 is 14.4 Å². The molecule has 0 atom stereocenters. The third-order valence-electron chi connectivity index (χ3n) is 5.13. The molecule has 4 rings (SSSR count). The van der Waals surface area contributed by atoms with E-state index in [0.717, 1.165) is 15.9 Å². The molecule has 1 amide bonds. The van der Waals surface area contributed by atoms with Crippen LogP contribution >= 0.6 is 0 Å². The fourth-order valence-electron chi connectivity index (χ4n) is 3.38. The molecule has 0 bridgehead atoms. The topological polar surface area (TPSA) is 75.7 Å². The van der Waals surface area contributed by atoms with Crippen LogP contribution in [0.3, 0.4) is 0 Å². The van der Waals surface area contributed by atoms with E-state index in [1.165, 1.54) is 30.3 Å². The van der Waals surface area contributed by atoms with Gasteiger partial charge in [-0.25, -0.2) is 12.8 Å². The molecule has 0 aliphatic heterocycles. The smallest absolute Gasteiger partial charge is 0.264 e. The zero-order valence-electron chi connectivity index (χ0n) is 18.7. The molecule has 1 N–H and O–H groups in total. The van der Waals surface area contributed by atoms with Crippen molar-refractivity contribution in [3.8, 4) is 5.75 Å². The Kier molecular flexibility index (Phi) is 7.42. The number of rotatable bonds is 9. The molecular formula is C27H23FN2O4S. The number of carbonyl (C=O) groups is 1. The number of carbonyl (C=O) groups excluding carboxylic acids is 1. The van der Waals surface area contributed by atoms with E-state index in [1.54, 1.807) is 42.5 Å². The maximum absolute atomic E-state index is 14.6. The number of sulfonamides is 1. The summed E-state index contributed by atoms with van der Waals surface area (Å²) in [6.45, 7) is -0.202. The maximum Gasteiger partial charge on any atom is 0.264 e. The van der Waals surface area contributed by atoms with E-state index in [4.69, 9.17) is 4.74 Å². The van der Waals surface area contributed by atoms with Crippen LogP contribution in [0.15, 0.2) is 114 Å². The van der Waals surface area contributed by atoms with Crippen LogP contribution in [0, 0.1) is 5.82 Å². The van der Waals surface area contributed by atoms with E-state index in [2.05, 4.69) is 5.32 Å². The third-order valence-corrected chi connectivity index (χ3v) is 6.90. The molecule has 0 radical (unpaired) electrons. The Morgan fingerprint density at radius 1 is 0.800 bits per heavy atom. The first-order valence-electron chi connectivity index (χ1n) is 10.8. The molecule has 0 aromatic heterocycles. The summed E-state index contributed by atoms with van der Waals surface area (Å²) in [4.78, 5) is 12.8. The van der Waals surface area contributed by atoms with Crippen molar-refractivity contribution in [2.24, 2.45) is 0 Å². The predicted molar refractivity (Wildman–Crippen MR) is 133 cm³/mol. The molecule has 0 spiro atoms. The lowest BCUT2D eigenvalue weighted by atomic mass is 10.2. The van der Waals surface area contributed by atoms with Crippen molar-refractivity contribution in [3.63, 3.8) is 0 Å². The predicted octanol–water partition coefficient (Wildman–Crippen LogP) is 5.24. The average molecular weight is 491 g/mol. The molecular weight excluding hydrogens is 467 g/mol. The van der Waals surface area contributed by atoms with E-state index in [-0.39, 0.29) is 10.6 Å². The quantitative estimate of drug-likeness (QED) is 0.348. The Morgan fingerprint density at radius 3 is 2.06 bits per heavy atom. The van der Waals surface area contributed by atoms with Crippen LogP contribution in [0.25, 0.3) is 0 Å². The van der Waals surface area contributed by atoms with Crippen molar-refractivity contribution in [1.29, 1.82) is 0 Å². The average Bonchev–Trinajstić information content (AvgIpc) is 2.88. The van der Waals surface area contributed by atoms with Crippen molar-refractivity contribution < 1.29 is 22.3 Å². The minimum absolute atomic E-state index is 0.0454. The highest BCUT2D eigenvalue weighted by molar-refractivity contribution is 7.92. The standard InChI is InChI=1S/C27H23FN2O4S/c28-25-13-7-8-14-26(25)30(35(32,33)24-11-5-2-6-12-24)19-27(31)29-22-15-17-23(18-16-22)34-20-21-9-3-1-4-10-21/h1-18H,19-20H2,(H,29,31). The van der Waals surface area contributed by atoms with Gasteiger partial charge >= 0.3 is 0 Å². The Labute approximate surface area is 203 Å². The summed E-state index contributed by atoms with van der Waals surface area (Å²) in [6, 6.07) is 29.4. The van der Waals surface area contributed by atoms with Crippen LogP contribution in [-0.2, 0) is 21.4 Å². The normalized spacial score (nSPS) is 11.0. The highest BCUT2D eigenvalue weighted by Crippen LogP contribution is 2.26. The highest BCUT2D eigenvalue weighted by atomic mass is 32.2. The van der Waals surface area contributed by atoms with Crippen molar-refractivity contribution in [3.05, 3.63) is 121 Å². The van der Waals surface area contributed by atoms with Gasteiger partial charge in [0.15, 0.2) is 0 Å². The van der Waals surface area contributed by atoms with Crippen LogP contribution in [0.5, 0.6) is 5.75 Å². The molecule has 0 saturated heterocycles. The van der Waals surface area contributed by atoms with Gasteiger partial charge in [0.1, 0.15) is 24.7 Å². The van der Waals surface area contributed by atoms with Gasteiger partial charge in [-0.1, -0.05) is 60.7 Å². The van der Waals surface area contributed by atoms with Crippen molar-refractivity contribution >= 4 is 27.3 Å². The largest absolute Gasteiger partial charge is 0.489 e. The Bertz CT molecular complexity index is 1380. The van der Waals surface area contributed by atoms with E-state index in [0.29, 0.717) is 18.0 Å². The van der Waals surface area contributed by atoms with E-state index in [1.807, 2.05) is 30.3 Å². The molecule has 0 aliphatic rings. The summed E-state index contributed by atoms with van der Waals surface area (Å²) >= 11 is 0. The molecule has 178 valence electrons. The molecule has 0 heterocycles. The fraction of sp³-hybridized carbons (Fsp3) is 0.0741. The highest BCUT2D eigenvalue weighted by Gasteiger charge is 2.29. The van der Waals surface area contributed by atoms with Gasteiger partial charge in [0.25, 0.3) is 10.0 Å². The van der Waals surface area contributed by atoms with Crippen molar-refractivity contribution in [2.45, 2.75) is 11.5 Å². The Hall–Kier alpha value is -4.17. The number of para-hydroxylation sites is 1. The number of benzene rings is 4. The van der Waals surface area contributed by atoms with Gasteiger partial charge in [0.05, 0.1) is 10.6 Å². The van der Waals surface area contributed by atoms with Gasteiger partial charge < -0.3 is 10.1 Å². The number of nitrogens with zero attached hydrogens (tertiary/aromatic N) is 1. The summed E-state index contributed by atoms with van der Waals surface area (Å²) < 4.78 is 47.6. The van der Waals surface area contributed by atoms with E-state index < -0.39 is 28.3 Å². The van der Waals surface area contributed by atoms with Gasteiger partial charge in [-0.3, -0.25) is 9.10 Å². The molecule has 35 heavy (non-hydrogen) atoms. The van der Waals surface area contributed by atoms with Crippen molar-refractivity contribution in [2.75, 3.05) is 16.2 Å². The number of hydrogen-bond acceptors (Lipinski definition) is 4. The summed E-state index contributed by atoms with van der Waals surface area (Å²) in [5, 5.41) is 2.66. The monoisotopic (exact) mass is 490 g/mol. The number of nitrogens with one attached hydrogen (secondary N) is 1. The molecule has 0 aliphatic carbocycles. The van der Waals surface area contributed by atoms with Crippen LogP contribution in [-0.4, -0.2) is 20.9 Å². The second-order valence-electron chi connectivity index (χ2n) is 7.62. The first kappa shape index (κ1) is 24.0. The summed E-state index contributed by atoms with van der Waals surface area (Å²) in [5.74, 6) is -0.753. The Morgan fingerprint density at radius 2 is 1.40 bits per heavy atom. The molecule has 4 aromatic carbocycles. The molecule has 4 aromatic rings. The first-order chi connectivity index (χ1) is 16.9. The maximum atomic E-state index is 14.6. The van der Waals surface area contributed by atoms with Crippen LogP contribution in [0.2, 0.25) is 0 Å². The minimum atomic E-state index is -4.19. The first-order valence-corrected chi connectivity index (χ1v) is 12.3. The minimum Gasteiger partial charge on any atom is -0.489 e. The van der Waals surface area contributed by atoms with Gasteiger partial charge in [-0.05, 0) is 54.1 Å². The van der Waals surface area contributed by atoms with Gasteiger partial charge in [-0.2, -0.15) is 0 Å². The number of halogens is 1. The van der Waals surface area contributed by atoms with Crippen LogP contribution in [0.4, 0.5) is 15.8 Å². The number of anilines is 2. The van der Waals surface area contributed by atoms with E-state index in [9.17, 15) is 17.6 Å². The number of hydrogen-bond donors (Lipinski definition) is 1. The Balaban J connectivity index is 1.48. The lowest BCUT2D eigenvalue weighted by Gasteiger charge is -2.24. The van der Waals surface area contributed by atoms with E-state index >= 15 is 0 Å². The summed E-state index contributed by atoms with van der Waals surface area (Å²) in [6.07, 6.45) is 0. The van der Waals surface area contributed by atoms with Crippen LogP contribution in [0.1, 0.15) is 5.56 Å². The summed E-state index contributed by atoms with van der Waals surface area (Å²) in [7, 11) is -4.19. The number of ether oxygens (including phenoxy) is 1. The van der Waals surface area contributed by atoms with Gasteiger partial charge in [-0.15, -0.1) is 0 Å². The molecule has 0 unspecified atom stereocenters. The summed E-state index contributed by atoms with van der Waals surface area (Å²) in [5.41, 5.74) is 1.27. The second-order valence-corrected chi connectivity index (χ2v) is 9.49. The zero-order chi connectivity index (χ0) is 24.7. The third kappa shape index (κ3) is 6.04. The lowest BCUT2D eigenvalue weighted by Crippen LogP contribution is -2.38. The van der Waals surface area contributed by atoms with Gasteiger partial charge in [0, 0.05) is 5.69 Å². The fourth-order valence-corrected chi connectivity index (χ4v) is 4.83. The van der Waals surface area contributed by atoms with Crippen molar-refractivity contribution in [1.82, 2.24) is 0 Å². The zero-order valence-corrected chi connectivity index (χ0v) is 19.5. The van der Waals surface area contributed by atoms with Gasteiger partial charge in [0.2, 0.25) is 5.91 Å².